The Morgan fingerprint density at radius 3 is 1.81 bits per heavy atom. The maximum Gasteiger partial charge on any atom is 0.159 e. The van der Waals surface area contributed by atoms with Crippen LogP contribution >= 0.6 is 0 Å². The van der Waals surface area contributed by atoms with E-state index in [0.717, 1.165) is 88.6 Å². The van der Waals surface area contributed by atoms with E-state index in [0.29, 0.717) is 0 Å². The zero-order chi connectivity index (χ0) is 42.5. The number of nitrogens with zero attached hydrogens (tertiary/aromatic N) is 1. The number of hydrogen-bond donors (Lipinski definition) is 0. The van der Waals surface area contributed by atoms with Crippen molar-refractivity contribution < 1.29 is 8.83 Å². The molecule has 302 valence electrons. The van der Waals surface area contributed by atoms with Crippen molar-refractivity contribution in [2.45, 2.75) is 19.3 Å². The predicted molar refractivity (Wildman–Crippen MR) is 267 cm³/mol. The van der Waals surface area contributed by atoms with Crippen molar-refractivity contribution >= 4 is 71.7 Å². The second-order valence-corrected chi connectivity index (χ2v) is 17.6. The van der Waals surface area contributed by atoms with Crippen LogP contribution < -0.4 is 4.90 Å². The average Bonchev–Trinajstić information content (AvgIpc) is 3.99. The molecule has 3 heteroatoms. The summed E-state index contributed by atoms with van der Waals surface area (Å²) in [5, 5.41) is 6.76. The van der Waals surface area contributed by atoms with Gasteiger partial charge in [0, 0.05) is 49.5 Å². The van der Waals surface area contributed by atoms with Crippen molar-refractivity contribution in [3.8, 4) is 44.5 Å². The summed E-state index contributed by atoms with van der Waals surface area (Å²) in [6, 6.07) is 76.5. The summed E-state index contributed by atoms with van der Waals surface area (Å²) in [5.41, 5.74) is 18.5. The Labute approximate surface area is 371 Å². The molecule has 12 aromatic rings. The Morgan fingerprint density at radius 1 is 0.359 bits per heavy atom. The van der Waals surface area contributed by atoms with Crippen LogP contribution in [0, 0.1) is 0 Å². The lowest BCUT2D eigenvalue weighted by Gasteiger charge is -2.28. The van der Waals surface area contributed by atoms with Crippen LogP contribution in [-0.4, -0.2) is 0 Å². The highest BCUT2D eigenvalue weighted by atomic mass is 16.3. The van der Waals surface area contributed by atoms with Gasteiger partial charge in [-0.25, -0.2) is 0 Å². The Morgan fingerprint density at radius 2 is 0.969 bits per heavy atom. The highest BCUT2D eigenvalue weighted by molar-refractivity contribution is 6.20. The molecule has 64 heavy (non-hydrogen) atoms. The first-order valence-corrected chi connectivity index (χ1v) is 22.1. The number of furan rings is 2. The van der Waals surface area contributed by atoms with E-state index in [4.69, 9.17) is 8.83 Å². The van der Waals surface area contributed by atoms with Crippen LogP contribution in [0.15, 0.2) is 221 Å². The SMILES string of the molecule is CC1(C)c2ccccc2-c2ccc(N(c3ccc(-c4cccc5c4oc4ccccc45)cc3)c3cccc4c3oc3c(-c5ccc(-c6ccccc6)cc5)c5ccccc5cc34)cc21. The van der Waals surface area contributed by atoms with Crippen LogP contribution in [0.4, 0.5) is 17.1 Å². The van der Waals surface area contributed by atoms with Gasteiger partial charge in [-0.3, -0.25) is 0 Å². The van der Waals surface area contributed by atoms with Gasteiger partial charge in [-0.15, -0.1) is 0 Å². The van der Waals surface area contributed by atoms with E-state index in [2.05, 4.69) is 219 Å². The highest BCUT2D eigenvalue weighted by Crippen LogP contribution is 2.52. The van der Waals surface area contributed by atoms with Crippen molar-refractivity contribution in [3.63, 3.8) is 0 Å². The lowest BCUT2D eigenvalue weighted by atomic mass is 9.82. The largest absolute Gasteiger partial charge is 0.455 e. The van der Waals surface area contributed by atoms with Crippen LogP contribution in [0.2, 0.25) is 0 Å². The molecule has 2 heterocycles. The quantitative estimate of drug-likeness (QED) is 0.167. The smallest absolute Gasteiger partial charge is 0.159 e. The Balaban J connectivity index is 1.02. The van der Waals surface area contributed by atoms with Gasteiger partial charge in [-0.2, -0.15) is 0 Å². The second kappa shape index (κ2) is 13.9. The summed E-state index contributed by atoms with van der Waals surface area (Å²) in [5.74, 6) is 0. The van der Waals surface area contributed by atoms with Crippen molar-refractivity contribution in [1.29, 1.82) is 0 Å². The van der Waals surface area contributed by atoms with Crippen LogP contribution in [-0.2, 0) is 5.41 Å². The molecule has 0 amide bonds. The molecule has 1 aliphatic carbocycles. The van der Waals surface area contributed by atoms with Gasteiger partial charge < -0.3 is 13.7 Å². The van der Waals surface area contributed by atoms with Crippen LogP contribution in [0.1, 0.15) is 25.0 Å². The van der Waals surface area contributed by atoms with E-state index >= 15 is 0 Å². The number of rotatable bonds is 6. The molecule has 0 radical (unpaired) electrons. The molecule has 0 fully saturated rings. The molecular weight excluding hydrogens is 779 g/mol. The summed E-state index contributed by atoms with van der Waals surface area (Å²) in [6.07, 6.45) is 0. The first-order valence-electron chi connectivity index (χ1n) is 22.1. The molecule has 10 aromatic carbocycles. The molecule has 0 saturated carbocycles. The van der Waals surface area contributed by atoms with Gasteiger partial charge in [0.25, 0.3) is 0 Å². The molecule has 0 unspecified atom stereocenters. The Kier molecular flexibility index (Phi) is 7.95. The standard InChI is InChI=1S/C61H41NO2/c1-61(2)53-23-10-8-18-47(53)48-35-34-44(37-54(48)61)62(43-32-30-40(31-33-43)46-20-12-21-50-49-19-9-11-25-56(49)63-58(46)50)55-24-13-22-51-52-36-42-16-6-7-17-45(42)57(60(52)64-59(51)55)41-28-26-39(27-29-41)38-14-4-3-5-15-38/h3-37H,1-2H3. The molecule has 3 nitrogen and oxygen atoms in total. The zero-order valence-electron chi connectivity index (χ0n) is 35.5. The third kappa shape index (κ3) is 5.47. The minimum atomic E-state index is -0.167. The summed E-state index contributed by atoms with van der Waals surface area (Å²) >= 11 is 0. The van der Waals surface area contributed by atoms with Crippen molar-refractivity contribution in [3.05, 3.63) is 223 Å². The van der Waals surface area contributed by atoms with Gasteiger partial charge in [0.2, 0.25) is 0 Å². The lowest BCUT2D eigenvalue weighted by molar-refractivity contribution is 0.660. The van der Waals surface area contributed by atoms with E-state index in [9.17, 15) is 0 Å². The normalized spacial score (nSPS) is 13.0. The third-order valence-corrected chi connectivity index (χ3v) is 13.7. The van der Waals surface area contributed by atoms with E-state index in [1.807, 2.05) is 12.1 Å². The molecule has 0 saturated heterocycles. The van der Waals surface area contributed by atoms with E-state index < -0.39 is 0 Å². The molecule has 13 rings (SSSR count). The number of hydrogen-bond acceptors (Lipinski definition) is 3. The summed E-state index contributed by atoms with van der Waals surface area (Å²) in [4.78, 5) is 2.38. The van der Waals surface area contributed by atoms with Gasteiger partial charge in [-0.1, -0.05) is 184 Å². The monoisotopic (exact) mass is 819 g/mol. The molecule has 1 aliphatic rings. The fourth-order valence-corrected chi connectivity index (χ4v) is 10.5. The molecular formula is C61H41NO2. The Hall–Kier alpha value is -8.14. The van der Waals surface area contributed by atoms with E-state index in [1.54, 1.807) is 0 Å². The third-order valence-electron chi connectivity index (χ3n) is 13.7. The first kappa shape index (κ1) is 36.5. The maximum atomic E-state index is 7.32. The fourth-order valence-electron chi connectivity index (χ4n) is 10.5. The van der Waals surface area contributed by atoms with Crippen LogP contribution in [0.3, 0.4) is 0 Å². The van der Waals surface area contributed by atoms with Crippen molar-refractivity contribution in [2.75, 3.05) is 4.90 Å². The molecule has 0 atom stereocenters. The number of para-hydroxylation sites is 3. The van der Waals surface area contributed by atoms with Crippen molar-refractivity contribution in [1.82, 2.24) is 0 Å². The van der Waals surface area contributed by atoms with Gasteiger partial charge in [0.1, 0.15) is 16.7 Å². The second-order valence-electron chi connectivity index (χ2n) is 17.6. The van der Waals surface area contributed by atoms with Gasteiger partial charge >= 0.3 is 0 Å². The summed E-state index contributed by atoms with van der Waals surface area (Å²) in [6.45, 7) is 4.69. The minimum Gasteiger partial charge on any atom is -0.455 e. The molecule has 0 aliphatic heterocycles. The minimum absolute atomic E-state index is 0.167. The summed E-state index contributed by atoms with van der Waals surface area (Å²) < 4.78 is 13.8. The zero-order valence-corrected chi connectivity index (χ0v) is 35.5. The number of anilines is 3. The molecule has 0 N–H and O–H groups in total. The van der Waals surface area contributed by atoms with Gasteiger partial charge in [0.15, 0.2) is 5.58 Å². The predicted octanol–water partition coefficient (Wildman–Crippen LogP) is 17.4. The van der Waals surface area contributed by atoms with Gasteiger partial charge in [-0.05, 0) is 97.7 Å². The molecule has 0 bridgehead atoms. The highest BCUT2D eigenvalue weighted by Gasteiger charge is 2.36. The maximum absolute atomic E-state index is 7.32. The molecule has 2 aromatic heterocycles. The first-order chi connectivity index (χ1) is 31.5. The van der Waals surface area contributed by atoms with Gasteiger partial charge in [0.05, 0.1) is 5.69 Å². The van der Waals surface area contributed by atoms with Crippen LogP contribution in [0.25, 0.3) is 99.2 Å². The number of benzene rings is 10. The topological polar surface area (TPSA) is 29.5 Å². The number of fused-ring (bicyclic) bond motifs is 10. The summed E-state index contributed by atoms with van der Waals surface area (Å²) in [7, 11) is 0. The lowest BCUT2D eigenvalue weighted by Crippen LogP contribution is -2.16. The molecule has 0 spiro atoms. The Bertz CT molecular complexity index is 3800. The van der Waals surface area contributed by atoms with Crippen molar-refractivity contribution in [2.24, 2.45) is 0 Å². The van der Waals surface area contributed by atoms with E-state index in [-0.39, 0.29) is 5.41 Å². The van der Waals surface area contributed by atoms with E-state index in [1.165, 1.54) is 38.8 Å². The fraction of sp³-hybridized carbons (Fsp3) is 0.0492. The van der Waals surface area contributed by atoms with Crippen LogP contribution in [0.5, 0.6) is 0 Å². The average molecular weight is 820 g/mol.